The maximum atomic E-state index is 4.49. The molecular formula is C13H15BrN2O2S2. The van der Waals surface area contributed by atoms with Crippen LogP contribution in [0.2, 0.25) is 0 Å². The molecule has 7 heteroatoms. The zero-order valence-electron chi connectivity index (χ0n) is 10.5. The van der Waals surface area contributed by atoms with Gasteiger partial charge in [0.1, 0.15) is 0 Å². The van der Waals surface area contributed by atoms with Crippen LogP contribution in [0.4, 0.5) is 0 Å². The summed E-state index contributed by atoms with van der Waals surface area (Å²) in [5.41, 5.74) is 2.67. The van der Waals surface area contributed by atoms with Gasteiger partial charge >= 0.3 is 0 Å². The molecule has 2 aliphatic heterocycles. The minimum Gasteiger partial charge on any atom is -0.412 e. The van der Waals surface area contributed by atoms with E-state index >= 15 is 0 Å². The molecule has 0 saturated heterocycles. The fourth-order valence-corrected chi connectivity index (χ4v) is 4.22. The molecule has 0 amide bonds. The van der Waals surface area contributed by atoms with Gasteiger partial charge < -0.3 is 15.9 Å². The summed E-state index contributed by atoms with van der Waals surface area (Å²) in [6, 6.07) is 8.60. The molecule has 3 heterocycles. The van der Waals surface area contributed by atoms with Gasteiger partial charge in [-0.2, -0.15) is 0 Å². The van der Waals surface area contributed by atoms with Gasteiger partial charge in [-0.1, -0.05) is 30.0 Å². The van der Waals surface area contributed by atoms with E-state index in [-0.39, 0.29) is 27.9 Å². The van der Waals surface area contributed by atoms with Crippen LogP contribution in [0.25, 0.3) is 15.8 Å². The molecule has 4 rings (SSSR count). The van der Waals surface area contributed by atoms with Crippen LogP contribution in [-0.2, 0) is 0 Å². The summed E-state index contributed by atoms with van der Waals surface area (Å²) in [6.45, 7) is 1.96. The molecule has 0 fully saturated rings. The van der Waals surface area contributed by atoms with Crippen LogP contribution in [0, 0.1) is 0 Å². The average Bonchev–Trinajstić information content (AvgIpc) is 3.02. The molecule has 0 spiro atoms. The number of thioether (sulfide) groups is 1. The van der Waals surface area contributed by atoms with Gasteiger partial charge in [-0.05, 0) is 6.07 Å². The SMILES string of the molecule is Br.C1=C(c2csc3ccccc23)N2CCN=C2S1.O.O. The van der Waals surface area contributed by atoms with E-state index in [4.69, 9.17) is 0 Å². The van der Waals surface area contributed by atoms with Gasteiger partial charge in [-0.3, -0.25) is 4.99 Å². The largest absolute Gasteiger partial charge is 0.412 e. The Morgan fingerprint density at radius 2 is 1.95 bits per heavy atom. The van der Waals surface area contributed by atoms with Gasteiger partial charge in [0.05, 0.1) is 12.2 Å². The molecule has 4 N–H and O–H groups in total. The lowest BCUT2D eigenvalue weighted by Crippen LogP contribution is -2.19. The predicted octanol–water partition coefficient (Wildman–Crippen LogP) is 2.55. The second kappa shape index (κ2) is 6.73. The highest BCUT2D eigenvalue weighted by atomic mass is 79.9. The summed E-state index contributed by atoms with van der Waals surface area (Å²) in [7, 11) is 0. The lowest BCUT2D eigenvalue weighted by molar-refractivity contribution is 0.651. The van der Waals surface area contributed by atoms with Crippen molar-refractivity contribution in [1.82, 2.24) is 4.90 Å². The second-order valence-electron chi connectivity index (χ2n) is 4.08. The van der Waals surface area contributed by atoms with Gasteiger partial charge in [0.25, 0.3) is 0 Å². The van der Waals surface area contributed by atoms with Crippen molar-refractivity contribution in [3.05, 3.63) is 40.6 Å². The molecule has 108 valence electrons. The van der Waals surface area contributed by atoms with Crippen LogP contribution in [0.15, 0.2) is 40.0 Å². The highest BCUT2D eigenvalue weighted by Gasteiger charge is 2.28. The number of amidine groups is 1. The third-order valence-corrected chi connectivity index (χ3v) is 4.99. The highest BCUT2D eigenvalue weighted by molar-refractivity contribution is 8.93. The molecule has 0 saturated carbocycles. The van der Waals surface area contributed by atoms with Gasteiger partial charge in [-0.25, -0.2) is 0 Å². The first-order valence-corrected chi connectivity index (χ1v) is 7.35. The van der Waals surface area contributed by atoms with Crippen molar-refractivity contribution < 1.29 is 11.0 Å². The minimum absolute atomic E-state index is 0. The van der Waals surface area contributed by atoms with Crippen molar-refractivity contribution in [2.75, 3.05) is 13.1 Å². The van der Waals surface area contributed by atoms with Crippen LogP contribution in [0.5, 0.6) is 0 Å². The van der Waals surface area contributed by atoms with E-state index in [1.807, 2.05) is 11.3 Å². The Morgan fingerprint density at radius 1 is 1.15 bits per heavy atom. The van der Waals surface area contributed by atoms with Gasteiger partial charge in [0.2, 0.25) is 0 Å². The first kappa shape index (κ1) is 17.2. The Hall–Kier alpha value is -0.860. The first-order chi connectivity index (χ1) is 8.43. The number of fused-ring (bicyclic) bond motifs is 2. The zero-order valence-corrected chi connectivity index (χ0v) is 13.8. The number of aliphatic imine (C=N–C) groups is 1. The van der Waals surface area contributed by atoms with Gasteiger partial charge in [-0.15, -0.1) is 28.3 Å². The van der Waals surface area contributed by atoms with Crippen molar-refractivity contribution in [3.8, 4) is 0 Å². The number of benzene rings is 1. The van der Waals surface area contributed by atoms with Crippen LogP contribution >= 0.6 is 40.1 Å². The smallest absolute Gasteiger partial charge is 0.168 e. The third-order valence-electron chi connectivity index (χ3n) is 3.13. The van der Waals surface area contributed by atoms with E-state index in [1.165, 1.54) is 21.3 Å². The van der Waals surface area contributed by atoms with Crippen molar-refractivity contribution in [1.29, 1.82) is 0 Å². The van der Waals surface area contributed by atoms with E-state index in [0.717, 1.165) is 18.3 Å². The Kier molecular flexibility index (Phi) is 5.79. The van der Waals surface area contributed by atoms with Crippen molar-refractivity contribution in [3.63, 3.8) is 0 Å². The number of hydrogen-bond donors (Lipinski definition) is 0. The molecule has 0 atom stereocenters. The Morgan fingerprint density at radius 3 is 2.80 bits per heavy atom. The molecule has 2 aromatic rings. The van der Waals surface area contributed by atoms with E-state index in [0.29, 0.717) is 0 Å². The van der Waals surface area contributed by atoms with Gasteiger partial charge in [0, 0.05) is 33.0 Å². The van der Waals surface area contributed by atoms with Gasteiger partial charge in [0.15, 0.2) is 5.17 Å². The Labute approximate surface area is 135 Å². The number of thiophene rings is 1. The van der Waals surface area contributed by atoms with E-state index in [2.05, 4.69) is 44.9 Å². The van der Waals surface area contributed by atoms with Crippen LogP contribution in [0.3, 0.4) is 0 Å². The highest BCUT2D eigenvalue weighted by Crippen LogP contribution is 2.39. The Balaban J connectivity index is 0.000000667. The topological polar surface area (TPSA) is 78.6 Å². The lowest BCUT2D eigenvalue weighted by Gasteiger charge is -2.15. The zero-order chi connectivity index (χ0) is 11.2. The predicted molar refractivity (Wildman–Crippen MR) is 94.0 cm³/mol. The molecule has 20 heavy (non-hydrogen) atoms. The molecule has 1 aromatic carbocycles. The molecule has 0 unspecified atom stereocenters. The quantitative estimate of drug-likeness (QED) is 0.768. The molecule has 0 bridgehead atoms. The van der Waals surface area contributed by atoms with Crippen LogP contribution < -0.4 is 0 Å². The number of rotatable bonds is 1. The van der Waals surface area contributed by atoms with Crippen LogP contribution in [-0.4, -0.2) is 34.1 Å². The minimum atomic E-state index is 0. The normalized spacial score (nSPS) is 15.7. The molecular weight excluding hydrogens is 360 g/mol. The van der Waals surface area contributed by atoms with Crippen molar-refractivity contribution >= 4 is 61.0 Å². The third kappa shape index (κ3) is 2.51. The van der Waals surface area contributed by atoms with Crippen molar-refractivity contribution in [2.45, 2.75) is 0 Å². The fourth-order valence-electron chi connectivity index (χ4n) is 2.31. The molecule has 2 aliphatic rings. The van der Waals surface area contributed by atoms with E-state index < -0.39 is 0 Å². The summed E-state index contributed by atoms with van der Waals surface area (Å²) in [6.07, 6.45) is 0. The fraction of sp³-hybridized carbons (Fsp3) is 0.154. The summed E-state index contributed by atoms with van der Waals surface area (Å²) in [5, 5.41) is 7.01. The standard InChI is InChI=1S/C13H10N2S2.BrH.2H2O/c1-2-4-12-9(3-1)10(7-16-12)11-8-17-13-14-5-6-15(11)13;;;/h1-4,7-8H,5-6H2;1H;2*1H2. The van der Waals surface area contributed by atoms with E-state index in [9.17, 15) is 0 Å². The summed E-state index contributed by atoms with van der Waals surface area (Å²) >= 11 is 3.56. The second-order valence-corrected chi connectivity index (χ2v) is 5.83. The number of halogens is 1. The number of hydrogen-bond acceptors (Lipinski definition) is 4. The summed E-state index contributed by atoms with van der Waals surface area (Å²) < 4.78 is 1.36. The number of nitrogens with zero attached hydrogens (tertiary/aromatic N) is 2. The first-order valence-electron chi connectivity index (χ1n) is 5.59. The maximum absolute atomic E-state index is 4.49. The molecule has 0 radical (unpaired) electrons. The molecule has 1 aromatic heterocycles. The lowest BCUT2D eigenvalue weighted by atomic mass is 10.1. The maximum Gasteiger partial charge on any atom is 0.168 e. The van der Waals surface area contributed by atoms with E-state index in [1.54, 1.807) is 11.8 Å². The summed E-state index contributed by atoms with van der Waals surface area (Å²) in [5.74, 6) is 0. The molecule has 4 nitrogen and oxygen atoms in total. The van der Waals surface area contributed by atoms with Crippen molar-refractivity contribution in [2.24, 2.45) is 4.99 Å². The molecule has 0 aliphatic carbocycles. The summed E-state index contributed by atoms with van der Waals surface area (Å²) in [4.78, 5) is 6.83. The Bertz CT molecular complexity index is 669. The monoisotopic (exact) mass is 374 g/mol. The average molecular weight is 375 g/mol. The van der Waals surface area contributed by atoms with Crippen LogP contribution in [0.1, 0.15) is 5.56 Å².